The van der Waals surface area contributed by atoms with Gasteiger partial charge < -0.3 is 5.73 Å². The molecule has 1 atom stereocenters. The third-order valence-corrected chi connectivity index (χ3v) is 2.01. The van der Waals surface area contributed by atoms with Gasteiger partial charge in [-0.05, 0) is 18.1 Å². The third kappa shape index (κ3) is 2.47. The molecule has 0 saturated carbocycles. The molecule has 66 valence electrons. The Morgan fingerprint density at radius 3 is 2.67 bits per heavy atom. The molecule has 0 aliphatic heterocycles. The number of hydrogen-bond donors (Lipinski definition) is 1. The second-order valence-corrected chi connectivity index (χ2v) is 3.12. The van der Waals surface area contributed by atoms with Gasteiger partial charge in [-0.25, -0.2) is 4.39 Å². The molecule has 3 heteroatoms. The van der Waals surface area contributed by atoms with Crippen LogP contribution in [0.25, 0.3) is 0 Å². The van der Waals surface area contributed by atoms with Crippen molar-refractivity contribution in [1.82, 2.24) is 0 Å². The lowest BCUT2D eigenvalue weighted by Gasteiger charge is -2.07. The Balaban J connectivity index is 2.69. The van der Waals surface area contributed by atoms with Crippen LogP contribution in [0.1, 0.15) is 5.56 Å². The number of alkyl halides is 1. The molecule has 1 aromatic carbocycles. The summed E-state index contributed by atoms with van der Waals surface area (Å²) in [6.45, 7) is -0.509. The molecule has 0 fully saturated rings. The summed E-state index contributed by atoms with van der Waals surface area (Å²) in [7, 11) is 0. The summed E-state index contributed by atoms with van der Waals surface area (Å²) in [4.78, 5) is 0. The van der Waals surface area contributed by atoms with Crippen molar-refractivity contribution in [3.63, 3.8) is 0 Å². The van der Waals surface area contributed by atoms with Crippen LogP contribution in [-0.2, 0) is 6.42 Å². The lowest BCUT2D eigenvalue weighted by atomic mass is 10.1. The number of halogens is 2. The Morgan fingerprint density at radius 2 is 2.08 bits per heavy atom. The first-order valence-electron chi connectivity index (χ1n) is 3.79. The van der Waals surface area contributed by atoms with Crippen LogP contribution in [0.2, 0.25) is 5.02 Å². The van der Waals surface area contributed by atoms with Gasteiger partial charge in [0.2, 0.25) is 0 Å². The zero-order valence-electron chi connectivity index (χ0n) is 6.63. The van der Waals surface area contributed by atoms with E-state index in [4.69, 9.17) is 17.3 Å². The first-order chi connectivity index (χ1) is 5.74. The summed E-state index contributed by atoms with van der Waals surface area (Å²) in [5.74, 6) is 0. The second kappa shape index (κ2) is 4.43. The van der Waals surface area contributed by atoms with Crippen molar-refractivity contribution in [3.05, 3.63) is 34.9 Å². The highest BCUT2D eigenvalue weighted by Gasteiger charge is 2.05. The molecule has 0 bridgehead atoms. The largest absolute Gasteiger partial charge is 0.325 e. The normalized spacial score (nSPS) is 12.9. The van der Waals surface area contributed by atoms with Crippen LogP contribution >= 0.6 is 11.6 Å². The zero-order valence-corrected chi connectivity index (χ0v) is 7.39. The van der Waals surface area contributed by atoms with Gasteiger partial charge in [-0.15, -0.1) is 0 Å². The molecule has 1 rings (SSSR count). The number of hydrogen-bond acceptors (Lipinski definition) is 1. The van der Waals surface area contributed by atoms with E-state index in [0.717, 1.165) is 5.56 Å². The van der Waals surface area contributed by atoms with Gasteiger partial charge in [0, 0.05) is 11.1 Å². The van der Waals surface area contributed by atoms with Gasteiger partial charge in [0.25, 0.3) is 0 Å². The van der Waals surface area contributed by atoms with Crippen molar-refractivity contribution in [3.8, 4) is 0 Å². The predicted molar refractivity (Wildman–Crippen MR) is 49.1 cm³/mol. The Hall–Kier alpha value is -0.600. The highest BCUT2D eigenvalue weighted by molar-refractivity contribution is 6.31. The van der Waals surface area contributed by atoms with E-state index in [0.29, 0.717) is 11.4 Å². The van der Waals surface area contributed by atoms with E-state index in [1.165, 1.54) is 0 Å². The highest BCUT2D eigenvalue weighted by atomic mass is 35.5. The zero-order chi connectivity index (χ0) is 8.97. The number of rotatable bonds is 3. The monoisotopic (exact) mass is 187 g/mol. The molecule has 12 heavy (non-hydrogen) atoms. The van der Waals surface area contributed by atoms with E-state index in [-0.39, 0.29) is 0 Å². The molecule has 0 radical (unpaired) electrons. The molecule has 0 saturated heterocycles. The van der Waals surface area contributed by atoms with Gasteiger partial charge in [0.05, 0.1) is 0 Å². The van der Waals surface area contributed by atoms with Crippen molar-refractivity contribution < 1.29 is 4.39 Å². The maximum Gasteiger partial charge on any atom is 0.105 e. The van der Waals surface area contributed by atoms with Crippen molar-refractivity contribution in [1.29, 1.82) is 0 Å². The van der Waals surface area contributed by atoms with E-state index in [9.17, 15) is 4.39 Å². The first kappa shape index (κ1) is 9.49. The molecule has 0 amide bonds. The quantitative estimate of drug-likeness (QED) is 0.772. The van der Waals surface area contributed by atoms with Gasteiger partial charge in [-0.2, -0.15) is 0 Å². The van der Waals surface area contributed by atoms with Crippen LogP contribution in [0, 0.1) is 0 Å². The Kier molecular flexibility index (Phi) is 3.50. The summed E-state index contributed by atoms with van der Waals surface area (Å²) in [6.07, 6.45) is 0.496. The maximum atomic E-state index is 12.0. The van der Waals surface area contributed by atoms with Crippen molar-refractivity contribution in [2.24, 2.45) is 5.73 Å². The van der Waals surface area contributed by atoms with Crippen LogP contribution in [-0.4, -0.2) is 12.7 Å². The lowest BCUT2D eigenvalue weighted by molar-refractivity contribution is 0.427. The van der Waals surface area contributed by atoms with Crippen LogP contribution in [0.15, 0.2) is 24.3 Å². The standard InChI is InChI=1S/C9H11ClFN/c10-9-4-2-1-3-7(9)5-8(12)6-11/h1-4,8H,5-6,12H2. The molecule has 0 aromatic heterocycles. The molecule has 0 aliphatic carbocycles. The van der Waals surface area contributed by atoms with Crippen LogP contribution < -0.4 is 5.73 Å². The van der Waals surface area contributed by atoms with Gasteiger partial charge in [-0.3, -0.25) is 0 Å². The molecule has 0 heterocycles. The van der Waals surface area contributed by atoms with E-state index in [2.05, 4.69) is 0 Å². The number of benzene rings is 1. The summed E-state index contributed by atoms with van der Waals surface area (Å²) < 4.78 is 12.0. The molecule has 1 unspecified atom stereocenters. The van der Waals surface area contributed by atoms with E-state index in [1.54, 1.807) is 6.07 Å². The average Bonchev–Trinajstić information content (AvgIpc) is 2.09. The van der Waals surface area contributed by atoms with Crippen LogP contribution in [0.5, 0.6) is 0 Å². The van der Waals surface area contributed by atoms with Crippen LogP contribution in [0.4, 0.5) is 4.39 Å². The fourth-order valence-electron chi connectivity index (χ4n) is 1.00. The molecule has 2 N–H and O–H groups in total. The topological polar surface area (TPSA) is 26.0 Å². The minimum Gasteiger partial charge on any atom is -0.325 e. The van der Waals surface area contributed by atoms with E-state index in [1.807, 2.05) is 18.2 Å². The first-order valence-corrected chi connectivity index (χ1v) is 4.16. The maximum absolute atomic E-state index is 12.0. The molecular weight excluding hydrogens is 177 g/mol. The van der Waals surface area contributed by atoms with Crippen molar-refractivity contribution in [2.75, 3.05) is 6.67 Å². The Labute approximate surface area is 76.3 Å². The molecule has 0 spiro atoms. The van der Waals surface area contributed by atoms with Crippen molar-refractivity contribution >= 4 is 11.6 Å². The fourth-order valence-corrected chi connectivity index (χ4v) is 1.21. The van der Waals surface area contributed by atoms with Crippen LogP contribution in [0.3, 0.4) is 0 Å². The number of nitrogens with two attached hydrogens (primary N) is 1. The summed E-state index contributed by atoms with van der Waals surface area (Å²) in [6, 6.07) is 6.91. The minimum absolute atomic E-state index is 0.440. The molecular formula is C9H11ClFN. The average molecular weight is 188 g/mol. The highest BCUT2D eigenvalue weighted by Crippen LogP contribution is 2.16. The summed E-state index contributed by atoms with van der Waals surface area (Å²) in [5.41, 5.74) is 6.35. The Bertz CT molecular complexity index is 252. The Morgan fingerprint density at radius 1 is 1.42 bits per heavy atom. The van der Waals surface area contributed by atoms with Gasteiger partial charge in [0.1, 0.15) is 6.67 Å². The molecule has 1 nitrogen and oxygen atoms in total. The second-order valence-electron chi connectivity index (χ2n) is 2.71. The van der Waals surface area contributed by atoms with Crippen molar-refractivity contribution in [2.45, 2.75) is 12.5 Å². The fraction of sp³-hybridized carbons (Fsp3) is 0.333. The van der Waals surface area contributed by atoms with E-state index >= 15 is 0 Å². The minimum atomic E-state index is -0.509. The molecule has 1 aromatic rings. The SMILES string of the molecule is NC(CF)Cc1ccccc1Cl. The summed E-state index contributed by atoms with van der Waals surface area (Å²) in [5, 5.41) is 0.654. The predicted octanol–water partition coefficient (Wildman–Crippen LogP) is 2.18. The van der Waals surface area contributed by atoms with Gasteiger partial charge in [0.15, 0.2) is 0 Å². The summed E-state index contributed by atoms with van der Waals surface area (Å²) >= 11 is 5.85. The van der Waals surface area contributed by atoms with Gasteiger partial charge >= 0.3 is 0 Å². The third-order valence-electron chi connectivity index (χ3n) is 1.64. The van der Waals surface area contributed by atoms with E-state index < -0.39 is 12.7 Å². The molecule has 0 aliphatic rings. The van der Waals surface area contributed by atoms with Gasteiger partial charge in [-0.1, -0.05) is 29.8 Å². The smallest absolute Gasteiger partial charge is 0.105 e. The lowest BCUT2D eigenvalue weighted by Crippen LogP contribution is -2.24.